The standard InChI is InChI=1S/C12H13FN2O3/c1-3-14-11(16)4-7(2)9-5-8(15(17)18)6-10(13)12(9)14/h5-7H,3-4H2,1-2H3. The number of nitro groups is 1. The van der Waals surface area contributed by atoms with E-state index in [1.165, 1.54) is 11.0 Å². The average Bonchev–Trinajstić information content (AvgIpc) is 2.30. The number of carbonyl (C=O) groups is 1. The van der Waals surface area contributed by atoms with Crippen molar-refractivity contribution in [3.63, 3.8) is 0 Å². The van der Waals surface area contributed by atoms with Crippen molar-refractivity contribution in [3.05, 3.63) is 33.6 Å². The summed E-state index contributed by atoms with van der Waals surface area (Å²) >= 11 is 0. The lowest BCUT2D eigenvalue weighted by Gasteiger charge is -2.31. The van der Waals surface area contributed by atoms with Gasteiger partial charge >= 0.3 is 0 Å². The molecule has 0 N–H and O–H groups in total. The fourth-order valence-corrected chi connectivity index (χ4v) is 2.31. The molecular formula is C12H13FN2O3. The van der Waals surface area contributed by atoms with Crippen LogP contribution in [-0.4, -0.2) is 17.4 Å². The molecule has 0 aromatic heterocycles. The highest BCUT2D eigenvalue weighted by atomic mass is 19.1. The third kappa shape index (κ3) is 1.83. The van der Waals surface area contributed by atoms with E-state index in [0.29, 0.717) is 12.1 Å². The number of hydrogen-bond acceptors (Lipinski definition) is 3. The Morgan fingerprint density at radius 1 is 1.56 bits per heavy atom. The monoisotopic (exact) mass is 252 g/mol. The van der Waals surface area contributed by atoms with Gasteiger partial charge in [-0.25, -0.2) is 4.39 Å². The van der Waals surface area contributed by atoms with Crippen molar-refractivity contribution in [1.29, 1.82) is 0 Å². The SMILES string of the molecule is CCN1C(=O)CC(C)c2cc([N+](=O)[O-])cc(F)c21. The molecule has 0 fully saturated rings. The fraction of sp³-hybridized carbons (Fsp3) is 0.417. The van der Waals surface area contributed by atoms with Crippen LogP contribution >= 0.6 is 0 Å². The minimum atomic E-state index is -0.707. The second-order valence-electron chi connectivity index (χ2n) is 4.37. The number of anilines is 1. The molecule has 0 aliphatic carbocycles. The number of carbonyl (C=O) groups excluding carboxylic acids is 1. The van der Waals surface area contributed by atoms with Gasteiger partial charge in [-0.15, -0.1) is 0 Å². The first kappa shape index (κ1) is 12.5. The Bertz CT molecular complexity index is 530. The van der Waals surface area contributed by atoms with Crippen LogP contribution in [0.4, 0.5) is 15.8 Å². The van der Waals surface area contributed by atoms with Crippen molar-refractivity contribution in [2.45, 2.75) is 26.2 Å². The van der Waals surface area contributed by atoms with Crippen molar-refractivity contribution >= 4 is 17.3 Å². The van der Waals surface area contributed by atoms with E-state index in [1.807, 2.05) is 0 Å². The smallest absolute Gasteiger partial charge is 0.272 e. The maximum absolute atomic E-state index is 14.0. The zero-order valence-corrected chi connectivity index (χ0v) is 10.1. The number of halogens is 1. The van der Waals surface area contributed by atoms with Crippen LogP contribution in [0.5, 0.6) is 0 Å². The van der Waals surface area contributed by atoms with Crippen LogP contribution in [0, 0.1) is 15.9 Å². The van der Waals surface area contributed by atoms with E-state index in [-0.39, 0.29) is 29.6 Å². The average molecular weight is 252 g/mol. The predicted octanol–water partition coefficient (Wildman–Crippen LogP) is 2.59. The zero-order valence-electron chi connectivity index (χ0n) is 10.1. The Kier molecular flexibility index (Phi) is 3.02. The Morgan fingerprint density at radius 3 is 2.78 bits per heavy atom. The molecule has 2 rings (SSSR count). The number of nitrogens with zero attached hydrogens (tertiary/aromatic N) is 2. The Labute approximate surface area is 103 Å². The highest BCUT2D eigenvalue weighted by Gasteiger charge is 2.32. The Morgan fingerprint density at radius 2 is 2.22 bits per heavy atom. The minimum Gasteiger partial charge on any atom is -0.310 e. The Hall–Kier alpha value is -1.98. The number of nitro benzene ring substituents is 1. The van der Waals surface area contributed by atoms with Gasteiger partial charge in [0.25, 0.3) is 5.69 Å². The van der Waals surface area contributed by atoms with Crippen LogP contribution in [0.2, 0.25) is 0 Å². The number of rotatable bonds is 2. The molecule has 0 spiro atoms. The third-order valence-corrected chi connectivity index (χ3v) is 3.19. The molecule has 6 heteroatoms. The highest BCUT2D eigenvalue weighted by Crippen LogP contribution is 2.39. The number of benzene rings is 1. The van der Waals surface area contributed by atoms with E-state index in [4.69, 9.17) is 0 Å². The topological polar surface area (TPSA) is 63.5 Å². The van der Waals surface area contributed by atoms with Gasteiger partial charge in [0.1, 0.15) is 0 Å². The van der Waals surface area contributed by atoms with Crippen LogP contribution in [0.3, 0.4) is 0 Å². The number of non-ortho nitro benzene ring substituents is 1. The van der Waals surface area contributed by atoms with Crippen molar-refractivity contribution in [1.82, 2.24) is 0 Å². The lowest BCUT2D eigenvalue weighted by atomic mass is 9.90. The molecule has 0 saturated heterocycles. The molecule has 1 aromatic carbocycles. The van der Waals surface area contributed by atoms with Gasteiger partial charge in [-0.3, -0.25) is 14.9 Å². The lowest BCUT2D eigenvalue weighted by Crippen LogP contribution is -2.36. The van der Waals surface area contributed by atoms with Crippen molar-refractivity contribution in [2.24, 2.45) is 0 Å². The van der Waals surface area contributed by atoms with E-state index in [0.717, 1.165) is 6.07 Å². The summed E-state index contributed by atoms with van der Waals surface area (Å²) in [5, 5.41) is 10.7. The van der Waals surface area contributed by atoms with E-state index >= 15 is 0 Å². The molecule has 1 unspecified atom stereocenters. The van der Waals surface area contributed by atoms with Gasteiger partial charge in [-0.05, 0) is 18.4 Å². The van der Waals surface area contributed by atoms with Crippen LogP contribution in [0.15, 0.2) is 12.1 Å². The first-order valence-electron chi connectivity index (χ1n) is 5.73. The van der Waals surface area contributed by atoms with Gasteiger partial charge in [-0.1, -0.05) is 6.92 Å². The molecule has 1 aliphatic heterocycles. The zero-order chi connectivity index (χ0) is 13.4. The minimum absolute atomic E-state index is 0.148. The molecule has 1 aliphatic rings. The maximum Gasteiger partial charge on any atom is 0.272 e. The van der Waals surface area contributed by atoms with E-state index in [1.54, 1.807) is 13.8 Å². The molecule has 1 heterocycles. The van der Waals surface area contributed by atoms with Crippen molar-refractivity contribution in [2.75, 3.05) is 11.4 Å². The van der Waals surface area contributed by atoms with Crippen LogP contribution in [0.25, 0.3) is 0 Å². The molecule has 0 saturated carbocycles. The Balaban J connectivity index is 2.65. The summed E-state index contributed by atoms with van der Waals surface area (Å²) in [6.45, 7) is 3.87. The van der Waals surface area contributed by atoms with Gasteiger partial charge in [0.05, 0.1) is 16.7 Å². The fourth-order valence-electron chi connectivity index (χ4n) is 2.31. The molecule has 0 bridgehead atoms. The molecular weight excluding hydrogens is 239 g/mol. The second-order valence-corrected chi connectivity index (χ2v) is 4.37. The predicted molar refractivity (Wildman–Crippen MR) is 64.1 cm³/mol. The molecule has 1 aromatic rings. The summed E-state index contributed by atoms with van der Waals surface area (Å²) in [5.41, 5.74) is 0.443. The van der Waals surface area contributed by atoms with E-state index in [9.17, 15) is 19.3 Å². The van der Waals surface area contributed by atoms with Crippen molar-refractivity contribution in [3.8, 4) is 0 Å². The normalized spacial score (nSPS) is 18.7. The van der Waals surface area contributed by atoms with Gasteiger partial charge in [-0.2, -0.15) is 0 Å². The quantitative estimate of drug-likeness (QED) is 0.600. The van der Waals surface area contributed by atoms with E-state index < -0.39 is 10.7 Å². The van der Waals surface area contributed by atoms with Gasteiger partial charge in [0.15, 0.2) is 5.82 Å². The molecule has 1 atom stereocenters. The summed E-state index contributed by atoms with van der Waals surface area (Å²) in [7, 11) is 0. The largest absolute Gasteiger partial charge is 0.310 e. The van der Waals surface area contributed by atoms with Crippen LogP contribution in [-0.2, 0) is 4.79 Å². The lowest BCUT2D eigenvalue weighted by molar-refractivity contribution is -0.385. The number of hydrogen-bond donors (Lipinski definition) is 0. The molecule has 0 radical (unpaired) electrons. The molecule has 1 amide bonds. The maximum atomic E-state index is 14.0. The second kappa shape index (κ2) is 4.36. The summed E-state index contributed by atoms with van der Waals surface area (Å²) in [5.74, 6) is -1.06. The van der Waals surface area contributed by atoms with Gasteiger partial charge in [0.2, 0.25) is 5.91 Å². The van der Waals surface area contributed by atoms with Gasteiger partial charge < -0.3 is 4.90 Å². The highest BCUT2D eigenvalue weighted by molar-refractivity contribution is 5.97. The summed E-state index contributed by atoms with van der Waals surface area (Å²) < 4.78 is 14.0. The first-order chi connectivity index (χ1) is 8.45. The van der Waals surface area contributed by atoms with E-state index in [2.05, 4.69) is 0 Å². The number of fused-ring (bicyclic) bond motifs is 1. The van der Waals surface area contributed by atoms with Gasteiger partial charge in [0, 0.05) is 19.0 Å². The summed E-state index contributed by atoms with van der Waals surface area (Å²) in [6.07, 6.45) is 0.251. The van der Waals surface area contributed by atoms with Crippen LogP contribution in [0.1, 0.15) is 31.7 Å². The summed E-state index contributed by atoms with van der Waals surface area (Å²) in [4.78, 5) is 23.2. The molecule has 5 nitrogen and oxygen atoms in total. The van der Waals surface area contributed by atoms with Crippen LogP contribution < -0.4 is 4.90 Å². The first-order valence-corrected chi connectivity index (χ1v) is 5.73. The molecule has 96 valence electrons. The van der Waals surface area contributed by atoms with Crippen molar-refractivity contribution < 1.29 is 14.1 Å². The molecule has 18 heavy (non-hydrogen) atoms. The number of amides is 1. The summed E-state index contributed by atoms with van der Waals surface area (Å²) in [6, 6.07) is 2.23. The third-order valence-electron chi connectivity index (χ3n) is 3.19.